The van der Waals surface area contributed by atoms with Crippen LogP contribution in [0.4, 0.5) is 18.9 Å². The van der Waals surface area contributed by atoms with Gasteiger partial charge in [-0.1, -0.05) is 0 Å². The molecule has 1 rings (SSSR count). The van der Waals surface area contributed by atoms with Crippen LogP contribution < -0.4 is 4.74 Å². The number of aliphatic hydroxyl groups is 1. The van der Waals surface area contributed by atoms with Crippen LogP contribution in [0, 0.1) is 0 Å². The lowest BCUT2D eigenvalue weighted by Gasteiger charge is -2.07. The van der Waals surface area contributed by atoms with Crippen LogP contribution in [0.5, 0.6) is 5.75 Å². The smallest absolute Gasteiger partial charge is 0.451 e. The average molecular weight is 304 g/mol. The highest BCUT2D eigenvalue weighted by Gasteiger charge is 2.39. The molecule has 114 valence electrons. The molecule has 0 bridgehead atoms. The molecule has 0 aliphatic rings. The van der Waals surface area contributed by atoms with Gasteiger partial charge in [0.1, 0.15) is 5.75 Å². The minimum Gasteiger partial charge on any atom is -0.502 e. The third kappa shape index (κ3) is 4.48. The number of esters is 1. The molecule has 0 aliphatic heterocycles. The van der Waals surface area contributed by atoms with E-state index in [0.29, 0.717) is 5.75 Å². The van der Waals surface area contributed by atoms with E-state index in [0.717, 1.165) is 7.11 Å². The van der Waals surface area contributed by atoms with Crippen LogP contribution in [0.25, 0.3) is 0 Å². The first-order chi connectivity index (χ1) is 9.79. The maximum absolute atomic E-state index is 12.4. The molecule has 0 aliphatic carbocycles. The summed E-state index contributed by atoms with van der Waals surface area (Å²) in [7, 11) is 2.30. The molecule has 9 heteroatoms. The molecule has 0 spiro atoms. The van der Waals surface area contributed by atoms with Crippen LogP contribution in [0.3, 0.4) is 0 Å². The number of carbonyl (C=O) groups is 1. The fraction of sp³-hybridized carbons (Fsp3) is 0.250. The lowest BCUT2D eigenvalue weighted by atomic mass is 10.3. The zero-order valence-electron chi connectivity index (χ0n) is 11.0. The van der Waals surface area contributed by atoms with Gasteiger partial charge < -0.3 is 14.6 Å². The number of hydrogen-bond acceptors (Lipinski definition) is 6. The minimum atomic E-state index is -5.14. The van der Waals surface area contributed by atoms with Gasteiger partial charge in [-0.3, -0.25) is 0 Å². The Hall–Kier alpha value is -2.58. The maximum Gasteiger partial charge on any atom is 0.451 e. The van der Waals surface area contributed by atoms with Gasteiger partial charge in [-0.25, -0.2) is 4.79 Å². The number of rotatable bonds is 4. The number of alkyl halides is 3. The third-order valence-electron chi connectivity index (χ3n) is 2.21. The Morgan fingerprint density at radius 1 is 1.19 bits per heavy atom. The molecule has 0 aromatic heterocycles. The third-order valence-corrected chi connectivity index (χ3v) is 2.21. The van der Waals surface area contributed by atoms with E-state index in [-0.39, 0.29) is 5.69 Å². The predicted octanol–water partition coefficient (Wildman–Crippen LogP) is 3.28. The second-order valence-corrected chi connectivity index (χ2v) is 3.58. The van der Waals surface area contributed by atoms with Gasteiger partial charge in [0.25, 0.3) is 0 Å². The molecule has 0 fully saturated rings. The summed E-state index contributed by atoms with van der Waals surface area (Å²) >= 11 is 0. The molecule has 0 radical (unpaired) electrons. The van der Waals surface area contributed by atoms with Crippen LogP contribution in [-0.2, 0) is 9.53 Å². The minimum absolute atomic E-state index is 0.159. The summed E-state index contributed by atoms with van der Waals surface area (Å²) in [5, 5.41) is 15.5. The monoisotopic (exact) mass is 304 g/mol. The molecule has 1 N–H and O–H groups in total. The van der Waals surface area contributed by atoms with Crippen molar-refractivity contribution >= 4 is 11.7 Å². The van der Waals surface area contributed by atoms with E-state index in [9.17, 15) is 18.0 Å². The zero-order chi connectivity index (χ0) is 16.0. The van der Waals surface area contributed by atoms with Crippen molar-refractivity contribution in [2.75, 3.05) is 14.2 Å². The van der Waals surface area contributed by atoms with Crippen LogP contribution >= 0.6 is 0 Å². The van der Waals surface area contributed by atoms with Crippen molar-refractivity contribution in [1.29, 1.82) is 0 Å². The van der Waals surface area contributed by atoms with Gasteiger partial charge in [0.15, 0.2) is 0 Å². The van der Waals surface area contributed by atoms with Crippen molar-refractivity contribution in [3.63, 3.8) is 0 Å². The Bertz CT molecular complexity index is 565. The number of azo groups is 1. The van der Waals surface area contributed by atoms with Gasteiger partial charge >= 0.3 is 12.1 Å². The number of benzene rings is 1. The Labute approximate surface area is 117 Å². The van der Waals surface area contributed by atoms with Crippen molar-refractivity contribution in [2.24, 2.45) is 10.2 Å². The molecule has 0 unspecified atom stereocenters. The normalized spacial score (nSPS) is 13.0. The summed E-state index contributed by atoms with van der Waals surface area (Å²) in [6.45, 7) is 0. The summed E-state index contributed by atoms with van der Waals surface area (Å²) in [6, 6.07) is 5.81. The Morgan fingerprint density at radius 3 is 2.19 bits per heavy atom. The highest BCUT2D eigenvalue weighted by Crippen LogP contribution is 2.28. The number of ether oxygens (including phenoxy) is 2. The van der Waals surface area contributed by atoms with E-state index in [1.54, 1.807) is 0 Å². The molecule has 6 nitrogen and oxygen atoms in total. The highest BCUT2D eigenvalue weighted by molar-refractivity contribution is 5.88. The van der Waals surface area contributed by atoms with Gasteiger partial charge in [-0.2, -0.15) is 18.3 Å². The van der Waals surface area contributed by atoms with Crippen molar-refractivity contribution in [3.05, 3.63) is 35.7 Å². The van der Waals surface area contributed by atoms with Gasteiger partial charge in [-0.15, -0.1) is 5.11 Å². The lowest BCUT2D eigenvalue weighted by molar-refractivity contribution is -0.141. The SMILES string of the molecule is COC(=O)C(N=Nc1ccc(OC)cc1)=C(O)C(F)(F)F. The van der Waals surface area contributed by atoms with E-state index >= 15 is 0 Å². The van der Waals surface area contributed by atoms with Crippen LogP contribution in [0.1, 0.15) is 0 Å². The fourth-order valence-electron chi connectivity index (χ4n) is 1.17. The summed E-state index contributed by atoms with van der Waals surface area (Å²) in [5.41, 5.74) is -1.17. The molecule has 0 saturated carbocycles. The number of aliphatic hydroxyl groups excluding tert-OH is 1. The van der Waals surface area contributed by atoms with E-state index < -0.39 is 23.6 Å². The Kier molecular flexibility index (Phi) is 5.28. The second-order valence-electron chi connectivity index (χ2n) is 3.58. The first-order valence-electron chi connectivity index (χ1n) is 5.44. The van der Waals surface area contributed by atoms with Crippen molar-refractivity contribution in [2.45, 2.75) is 6.18 Å². The summed E-state index contributed by atoms with van der Waals surface area (Å²) in [5.74, 6) is -3.12. The van der Waals surface area contributed by atoms with E-state index in [2.05, 4.69) is 15.0 Å². The number of halogens is 3. The van der Waals surface area contributed by atoms with Crippen molar-refractivity contribution in [1.82, 2.24) is 0 Å². The standard InChI is InChI=1S/C12H11F3N2O4/c1-20-8-5-3-7(4-6-8)16-17-9(11(19)21-2)10(18)12(13,14)15/h3-6,18H,1-2H3. The molecule has 1 aromatic rings. The first kappa shape index (κ1) is 16.5. The Morgan fingerprint density at radius 2 is 1.76 bits per heavy atom. The molecule has 0 amide bonds. The summed E-state index contributed by atoms with van der Waals surface area (Å²) in [4.78, 5) is 11.2. The number of nitrogens with zero attached hydrogens (tertiary/aromatic N) is 2. The fourth-order valence-corrected chi connectivity index (χ4v) is 1.17. The van der Waals surface area contributed by atoms with Gasteiger partial charge in [0.2, 0.25) is 11.5 Å². The van der Waals surface area contributed by atoms with Crippen molar-refractivity contribution in [3.8, 4) is 5.75 Å². The van der Waals surface area contributed by atoms with E-state index in [4.69, 9.17) is 9.84 Å². The van der Waals surface area contributed by atoms with Gasteiger partial charge in [-0.05, 0) is 24.3 Å². The highest BCUT2D eigenvalue weighted by atomic mass is 19.4. The second kappa shape index (κ2) is 6.73. The summed E-state index contributed by atoms with van der Waals surface area (Å²) in [6.07, 6.45) is -5.14. The number of methoxy groups -OCH3 is 2. The number of carbonyl (C=O) groups excluding carboxylic acids is 1. The summed E-state index contributed by atoms with van der Waals surface area (Å²) < 4.78 is 46.2. The number of allylic oxidation sites excluding steroid dienone is 1. The van der Waals surface area contributed by atoms with Crippen LogP contribution in [0.2, 0.25) is 0 Å². The van der Waals surface area contributed by atoms with Crippen LogP contribution in [-0.4, -0.2) is 31.5 Å². The first-order valence-corrected chi connectivity index (χ1v) is 5.44. The van der Waals surface area contributed by atoms with Gasteiger partial charge in [0, 0.05) is 0 Å². The van der Waals surface area contributed by atoms with Crippen LogP contribution in [0.15, 0.2) is 46.0 Å². The maximum atomic E-state index is 12.4. The van der Waals surface area contributed by atoms with E-state index in [1.807, 2.05) is 0 Å². The van der Waals surface area contributed by atoms with Gasteiger partial charge in [0.05, 0.1) is 19.9 Å². The molecule has 0 atom stereocenters. The molecule has 1 aromatic carbocycles. The predicted molar refractivity (Wildman–Crippen MR) is 65.2 cm³/mol. The molecule has 21 heavy (non-hydrogen) atoms. The largest absolute Gasteiger partial charge is 0.502 e. The van der Waals surface area contributed by atoms with Crippen molar-refractivity contribution < 1.29 is 32.5 Å². The Balaban J connectivity index is 3.12. The number of hydrogen-bond donors (Lipinski definition) is 1. The van der Waals surface area contributed by atoms with E-state index in [1.165, 1.54) is 31.4 Å². The average Bonchev–Trinajstić information content (AvgIpc) is 2.46. The topological polar surface area (TPSA) is 80.5 Å². The lowest BCUT2D eigenvalue weighted by Crippen LogP contribution is -2.17. The molecular formula is C12H11F3N2O4. The molecular weight excluding hydrogens is 293 g/mol. The molecule has 0 heterocycles. The molecule has 0 saturated heterocycles. The quantitative estimate of drug-likeness (QED) is 0.400. The zero-order valence-corrected chi connectivity index (χ0v) is 11.0.